The van der Waals surface area contributed by atoms with Gasteiger partial charge in [0, 0.05) is 56.1 Å². The van der Waals surface area contributed by atoms with E-state index in [-0.39, 0.29) is 0 Å². The van der Waals surface area contributed by atoms with Crippen molar-refractivity contribution in [2.24, 2.45) is 5.92 Å². The zero-order chi connectivity index (χ0) is 15.6. The topological polar surface area (TPSA) is 41.7 Å². The minimum atomic E-state index is 0.358. The number of fused-ring (bicyclic) bond motifs is 1. The highest BCUT2D eigenvalue weighted by Crippen LogP contribution is 2.26. The Hall–Kier alpha value is -1.21. The lowest BCUT2D eigenvalue weighted by Crippen LogP contribution is -2.32. The molecule has 6 heteroatoms. The molecule has 2 aromatic rings. The number of aromatic nitrogens is 1. The van der Waals surface area contributed by atoms with E-state index in [1.165, 1.54) is 4.88 Å². The highest BCUT2D eigenvalue weighted by atomic mass is 32.1. The molecule has 124 valence electrons. The Bertz CT molecular complexity index is 628. The van der Waals surface area contributed by atoms with E-state index in [0.717, 1.165) is 57.3 Å². The lowest BCUT2D eigenvalue weighted by atomic mass is 10.1. The lowest BCUT2D eigenvalue weighted by molar-refractivity contribution is 0.0509. The smallest absolute Gasteiger partial charge is 0.133 e. The van der Waals surface area contributed by atoms with Gasteiger partial charge in [0.2, 0.25) is 0 Å². The number of hydrogen-bond acceptors (Lipinski definition) is 6. The first kappa shape index (κ1) is 15.3. The molecule has 0 spiro atoms. The molecule has 2 aromatic heterocycles. The zero-order valence-corrected chi connectivity index (χ0v) is 14.3. The molecular weight excluding hydrogens is 310 g/mol. The SMILES string of the molecule is Cc1cc(CN2C[C@@H]3CN(Cc4cccs4)CCO[C@@H]3C2)no1. The van der Waals surface area contributed by atoms with Gasteiger partial charge in [0.1, 0.15) is 5.76 Å². The van der Waals surface area contributed by atoms with Gasteiger partial charge in [-0.2, -0.15) is 0 Å². The van der Waals surface area contributed by atoms with Crippen molar-refractivity contribution in [1.82, 2.24) is 15.0 Å². The predicted octanol–water partition coefficient (Wildman–Crippen LogP) is 2.38. The lowest BCUT2D eigenvalue weighted by Gasteiger charge is -2.22. The van der Waals surface area contributed by atoms with Gasteiger partial charge >= 0.3 is 0 Å². The number of thiophene rings is 1. The highest BCUT2D eigenvalue weighted by Gasteiger charge is 2.36. The molecule has 0 amide bonds. The summed E-state index contributed by atoms with van der Waals surface area (Å²) in [7, 11) is 0. The second kappa shape index (κ2) is 6.73. The summed E-state index contributed by atoms with van der Waals surface area (Å²) in [5, 5.41) is 6.27. The molecule has 0 saturated carbocycles. The van der Waals surface area contributed by atoms with Crippen molar-refractivity contribution in [3.63, 3.8) is 0 Å². The average Bonchev–Trinajstić information content (AvgIpc) is 3.22. The third kappa shape index (κ3) is 3.66. The number of nitrogens with zero attached hydrogens (tertiary/aromatic N) is 3. The summed E-state index contributed by atoms with van der Waals surface area (Å²) in [6.45, 7) is 8.93. The van der Waals surface area contributed by atoms with Crippen LogP contribution in [-0.2, 0) is 17.8 Å². The second-order valence-electron chi connectivity index (χ2n) is 6.61. The molecule has 2 atom stereocenters. The van der Waals surface area contributed by atoms with Gasteiger partial charge in [0.25, 0.3) is 0 Å². The van der Waals surface area contributed by atoms with Gasteiger partial charge in [0.05, 0.1) is 18.4 Å². The van der Waals surface area contributed by atoms with Gasteiger partial charge in [-0.15, -0.1) is 11.3 Å². The number of aryl methyl sites for hydroxylation is 1. The van der Waals surface area contributed by atoms with Crippen molar-refractivity contribution in [2.45, 2.75) is 26.1 Å². The van der Waals surface area contributed by atoms with Crippen LogP contribution in [0.3, 0.4) is 0 Å². The quantitative estimate of drug-likeness (QED) is 0.859. The first-order chi connectivity index (χ1) is 11.3. The van der Waals surface area contributed by atoms with Crippen LogP contribution < -0.4 is 0 Å². The monoisotopic (exact) mass is 333 g/mol. The fourth-order valence-electron chi connectivity index (χ4n) is 3.66. The van der Waals surface area contributed by atoms with Gasteiger partial charge in [-0.05, 0) is 18.4 Å². The number of hydrogen-bond donors (Lipinski definition) is 0. The molecule has 2 aliphatic rings. The second-order valence-corrected chi connectivity index (χ2v) is 7.64. The van der Waals surface area contributed by atoms with Crippen molar-refractivity contribution in [2.75, 3.05) is 32.8 Å². The van der Waals surface area contributed by atoms with Crippen LogP contribution in [0.4, 0.5) is 0 Å². The average molecular weight is 333 g/mol. The van der Waals surface area contributed by atoms with Gasteiger partial charge in [-0.25, -0.2) is 0 Å². The molecule has 4 rings (SSSR count). The largest absolute Gasteiger partial charge is 0.375 e. The number of ether oxygens (including phenoxy) is 1. The van der Waals surface area contributed by atoms with Crippen molar-refractivity contribution >= 4 is 11.3 Å². The zero-order valence-electron chi connectivity index (χ0n) is 13.5. The number of rotatable bonds is 4. The Labute approximate surface area is 140 Å². The van der Waals surface area contributed by atoms with E-state index in [1.807, 2.05) is 24.3 Å². The molecule has 2 fully saturated rings. The van der Waals surface area contributed by atoms with E-state index in [2.05, 4.69) is 32.5 Å². The van der Waals surface area contributed by atoms with Crippen LogP contribution >= 0.6 is 11.3 Å². The summed E-state index contributed by atoms with van der Waals surface area (Å²) in [5.74, 6) is 1.47. The Morgan fingerprint density at radius 3 is 2.96 bits per heavy atom. The van der Waals surface area contributed by atoms with E-state index in [9.17, 15) is 0 Å². The molecule has 0 aliphatic carbocycles. The Morgan fingerprint density at radius 1 is 1.26 bits per heavy atom. The first-order valence-electron chi connectivity index (χ1n) is 8.27. The van der Waals surface area contributed by atoms with Crippen LogP contribution in [0.15, 0.2) is 28.1 Å². The van der Waals surface area contributed by atoms with Crippen LogP contribution in [0.1, 0.15) is 16.3 Å². The molecule has 0 bridgehead atoms. The van der Waals surface area contributed by atoms with Crippen LogP contribution in [0.5, 0.6) is 0 Å². The maximum Gasteiger partial charge on any atom is 0.133 e. The first-order valence-corrected chi connectivity index (χ1v) is 9.15. The van der Waals surface area contributed by atoms with Crippen LogP contribution in [0.25, 0.3) is 0 Å². The minimum Gasteiger partial charge on any atom is -0.375 e. The summed E-state index contributed by atoms with van der Waals surface area (Å²) in [4.78, 5) is 6.43. The summed E-state index contributed by atoms with van der Waals surface area (Å²) >= 11 is 1.84. The van der Waals surface area contributed by atoms with Gasteiger partial charge in [-0.3, -0.25) is 9.80 Å². The van der Waals surface area contributed by atoms with E-state index in [0.29, 0.717) is 12.0 Å². The van der Waals surface area contributed by atoms with Crippen molar-refractivity contribution < 1.29 is 9.26 Å². The molecule has 4 heterocycles. The van der Waals surface area contributed by atoms with E-state index >= 15 is 0 Å². The standard InChI is InChI=1S/C17H23N3O2S/c1-13-7-15(18-22-13)10-20-9-14-8-19(4-5-21-17(14)12-20)11-16-3-2-6-23-16/h2-3,6-7,14,17H,4-5,8-12H2,1H3/t14-,17+/m0/s1. The molecule has 0 N–H and O–H groups in total. The van der Waals surface area contributed by atoms with E-state index in [4.69, 9.17) is 9.26 Å². The third-order valence-corrected chi connectivity index (χ3v) is 5.57. The van der Waals surface area contributed by atoms with E-state index in [1.54, 1.807) is 0 Å². The Morgan fingerprint density at radius 2 is 2.17 bits per heavy atom. The summed E-state index contributed by atoms with van der Waals surface area (Å²) < 4.78 is 11.3. The fourth-order valence-corrected chi connectivity index (χ4v) is 4.41. The third-order valence-electron chi connectivity index (χ3n) is 4.71. The fraction of sp³-hybridized carbons (Fsp3) is 0.588. The van der Waals surface area contributed by atoms with Crippen LogP contribution in [0, 0.1) is 12.8 Å². The molecule has 5 nitrogen and oxygen atoms in total. The summed E-state index contributed by atoms with van der Waals surface area (Å²) in [6.07, 6.45) is 0.358. The minimum absolute atomic E-state index is 0.358. The maximum absolute atomic E-state index is 6.13. The van der Waals surface area contributed by atoms with E-state index < -0.39 is 0 Å². The molecule has 2 aliphatic heterocycles. The van der Waals surface area contributed by atoms with Gasteiger partial charge in [-0.1, -0.05) is 11.2 Å². The molecule has 0 unspecified atom stereocenters. The van der Waals surface area contributed by atoms with Crippen molar-refractivity contribution in [3.8, 4) is 0 Å². The normalized spacial score (nSPS) is 26.3. The van der Waals surface area contributed by atoms with Gasteiger partial charge < -0.3 is 9.26 Å². The molecule has 0 aromatic carbocycles. The Balaban J connectivity index is 1.36. The summed E-state index contributed by atoms with van der Waals surface area (Å²) in [6, 6.07) is 6.38. The van der Waals surface area contributed by atoms with Gasteiger partial charge in [0.15, 0.2) is 0 Å². The molecule has 0 radical (unpaired) electrons. The van der Waals surface area contributed by atoms with Crippen molar-refractivity contribution in [1.29, 1.82) is 0 Å². The molecular formula is C17H23N3O2S. The summed E-state index contributed by atoms with van der Waals surface area (Å²) in [5.41, 5.74) is 1.02. The molecule has 2 saturated heterocycles. The van der Waals surface area contributed by atoms with Crippen molar-refractivity contribution in [3.05, 3.63) is 39.9 Å². The number of likely N-dealkylation sites (tertiary alicyclic amines) is 1. The Kier molecular flexibility index (Phi) is 4.48. The molecule has 23 heavy (non-hydrogen) atoms. The highest BCUT2D eigenvalue weighted by molar-refractivity contribution is 7.09. The van der Waals surface area contributed by atoms with Crippen LogP contribution in [0.2, 0.25) is 0 Å². The predicted molar refractivity (Wildman–Crippen MR) is 89.3 cm³/mol. The maximum atomic E-state index is 6.13. The van der Waals surface area contributed by atoms with Crippen LogP contribution in [-0.4, -0.2) is 53.8 Å².